The first-order chi connectivity index (χ1) is 3.41. The highest BCUT2D eigenvalue weighted by molar-refractivity contribution is 6.13. The molecule has 7 heavy (non-hydrogen) atoms. The quantitative estimate of drug-likeness (QED) is 0.450. The maximum atomic E-state index is 5.12. The third kappa shape index (κ3) is 6.50. The van der Waals surface area contributed by atoms with Crippen LogP contribution in [0, 0.1) is 0 Å². The Bertz CT molecular complexity index is 30.1. The molecule has 0 unspecified atom stereocenters. The van der Waals surface area contributed by atoms with Crippen LogP contribution in [0.5, 0.6) is 0 Å². The van der Waals surface area contributed by atoms with Gasteiger partial charge in [-0.3, -0.25) is 0 Å². The fourth-order valence-corrected chi connectivity index (χ4v) is 0.489. The second-order valence-electron chi connectivity index (χ2n) is 1.12. The van der Waals surface area contributed by atoms with Crippen molar-refractivity contribution in [3.05, 3.63) is 0 Å². The van der Waals surface area contributed by atoms with E-state index < -0.39 is 0 Å². The van der Waals surface area contributed by atoms with Gasteiger partial charge in [0, 0.05) is 13.1 Å². The molecular weight excluding hydrogens is 135 g/mol. The van der Waals surface area contributed by atoms with Crippen LogP contribution in [0.25, 0.3) is 0 Å². The van der Waals surface area contributed by atoms with E-state index in [1.54, 1.807) is 0 Å². The Morgan fingerprint density at radius 3 is 1.71 bits per heavy atom. The average Bonchev–Trinajstić information content (AvgIpc) is 1.69. The van der Waals surface area contributed by atoms with Gasteiger partial charge >= 0.3 is 0 Å². The molecule has 0 spiro atoms. The molecule has 0 fully saturated rings. The van der Waals surface area contributed by atoms with E-state index in [-0.39, 0.29) is 0 Å². The lowest BCUT2D eigenvalue weighted by Crippen LogP contribution is -2.08. The van der Waals surface area contributed by atoms with E-state index in [4.69, 9.17) is 23.6 Å². The molecule has 0 aliphatic carbocycles. The Kier molecular flexibility index (Phi) is 6.96. The van der Waals surface area contributed by atoms with Gasteiger partial charge < -0.3 is 0 Å². The third-order valence-electron chi connectivity index (χ3n) is 0.543. The fourth-order valence-electron chi connectivity index (χ4n) is 0.222. The molecule has 0 saturated heterocycles. The highest BCUT2D eigenvalue weighted by atomic mass is 35.5. The molecule has 0 aliphatic rings. The second kappa shape index (κ2) is 6.50. The molecule has 0 aromatic heterocycles. The van der Waals surface area contributed by atoms with E-state index >= 15 is 0 Å². The summed E-state index contributed by atoms with van der Waals surface area (Å²) in [5, 5.41) is 0. The summed E-state index contributed by atoms with van der Waals surface area (Å²) in [4.78, 5) is 4.95. The number of nitrogens with one attached hydrogen (secondary N) is 2. The van der Waals surface area contributed by atoms with Crippen LogP contribution in [0.3, 0.4) is 0 Å². The molecular formula is C3H8Cl2N2. The number of halogens is 2. The van der Waals surface area contributed by atoms with Crippen LogP contribution in [-0.2, 0) is 0 Å². The summed E-state index contributed by atoms with van der Waals surface area (Å²) in [7, 11) is 0. The van der Waals surface area contributed by atoms with Crippen molar-refractivity contribution in [2.45, 2.75) is 6.42 Å². The van der Waals surface area contributed by atoms with Gasteiger partial charge in [0.05, 0.1) is 0 Å². The zero-order valence-corrected chi connectivity index (χ0v) is 5.39. The van der Waals surface area contributed by atoms with Crippen LogP contribution < -0.4 is 9.67 Å². The monoisotopic (exact) mass is 142 g/mol. The summed E-state index contributed by atoms with van der Waals surface area (Å²) in [5.74, 6) is 0. The maximum Gasteiger partial charge on any atom is 0.0120 e. The van der Waals surface area contributed by atoms with E-state index in [1.165, 1.54) is 0 Å². The lowest BCUT2D eigenvalue weighted by molar-refractivity contribution is 0.771. The molecule has 0 heterocycles. The number of hydrogen-bond donors (Lipinski definition) is 2. The summed E-state index contributed by atoms with van der Waals surface area (Å²) in [6, 6.07) is 0. The molecule has 2 nitrogen and oxygen atoms in total. The Morgan fingerprint density at radius 1 is 1.00 bits per heavy atom. The standard InChI is InChI=1S/C3H8Cl2N2/c4-6-2-1-3-7-5/h6-7H,1-3H2. The molecule has 0 bridgehead atoms. The van der Waals surface area contributed by atoms with E-state index in [0.29, 0.717) is 0 Å². The van der Waals surface area contributed by atoms with Gasteiger partial charge in [-0.1, -0.05) is 0 Å². The predicted octanol–water partition coefficient (Wildman–Crippen LogP) is 0.863. The third-order valence-corrected chi connectivity index (χ3v) is 0.921. The topological polar surface area (TPSA) is 24.1 Å². The van der Waals surface area contributed by atoms with E-state index in [0.717, 1.165) is 19.5 Å². The highest BCUT2D eigenvalue weighted by Crippen LogP contribution is 1.74. The number of hydrogen-bond acceptors (Lipinski definition) is 2. The van der Waals surface area contributed by atoms with Crippen LogP contribution in [0.4, 0.5) is 0 Å². The summed E-state index contributed by atoms with van der Waals surface area (Å²) < 4.78 is 0. The highest BCUT2D eigenvalue weighted by Gasteiger charge is 1.79. The molecule has 0 aliphatic heterocycles. The van der Waals surface area contributed by atoms with Crippen LogP contribution in [0.15, 0.2) is 0 Å². The summed E-state index contributed by atoms with van der Waals surface area (Å²) in [6.45, 7) is 1.59. The summed E-state index contributed by atoms with van der Waals surface area (Å²) in [6.07, 6.45) is 0.951. The molecule has 0 saturated carbocycles. The van der Waals surface area contributed by atoms with Crippen LogP contribution >= 0.6 is 23.6 Å². The minimum absolute atomic E-state index is 0.793. The van der Waals surface area contributed by atoms with Crippen molar-refractivity contribution in [2.75, 3.05) is 13.1 Å². The van der Waals surface area contributed by atoms with Crippen molar-refractivity contribution in [2.24, 2.45) is 0 Å². The molecule has 0 atom stereocenters. The van der Waals surface area contributed by atoms with Crippen molar-refractivity contribution < 1.29 is 0 Å². The number of rotatable bonds is 4. The molecule has 0 aromatic carbocycles. The Balaban J connectivity index is 2.45. The van der Waals surface area contributed by atoms with Crippen molar-refractivity contribution in [3.8, 4) is 0 Å². The van der Waals surface area contributed by atoms with Gasteiger partial charge in [-0.25, -0.2) is 9.67 Å². The SMILES string of the molecule is ClNCCCNCl. The Morgan fingerprint density at radius 2 is 1.43 bits per heavy atom. The van der Waals surface area contributed by atoms with Crippen LogP contribution in [0.1, 0.15) is 6.42 Å². The summed E-state index contributed by atoms with van der Waals surface area (Å²) >= 11 is 10.2. The fraction of sp³-hybridized carbons (Fsp3) is 1.00. The second-order valence-corrected chi connectivity index (χ2v) is 1.66. The average molecular weight is 143 g/mol. The largest absolute Gasteiger partial charge is 0.233 e. The first-order valence-electron chi connectivity index (χ1n) is 2.09. The Labute approximate surface area is 53.4 Å². The van der Waals surface area contributed by atoms with Gasteiger partial charge in [0.2, 0.25) is 0 Å². The molecule has 0 rings (SSSR count). The van der Waals surface area contributed by atoms with Gasteiger partial charge in [0.15, 0.2) is 0 Å². The lowest BCUT2D eigenvalue weighted by Gasteiger charge is -1.91. The van der Waals surface area contributed by atoms with E-state index in [2.05, 4.69) is 9.67 Å². The minimum Gasteiger partial charge on any atom is -0.233 e. The van der Waals surface area contributed by atoms with Gasteiger partial charge in [-0.2, -0.15) is 0 Å². The smallest absolute Gasteiger partial charge is 0.0120 e. The Hall–Kier alpha value is 0.500. The van der Waals surface area contributed by atoms with Crippen LogP contribution in [-0.4, -0.2) is 13.1 Å². The minimum atomic E-state index is 0.793. The molecule has 2 N–H and O–H groups in total. The molecule has 4 heteroatoms. The van der Waals surface area contributed by atoms with E-state index in [1.807, 2.05) is 0 Å². The van der Waals surface area contributed by atoms with Crippen molar-refractivity contribution in [3.63, 3.8) is 0 Å². The lowest BCUT2D eigenvalue weighted by atomic mass is 10.4. The maximum absolute atomic E-state index is 5.12. The zero-order valence-electron chi connectivity index (χ0n) is 3.88. The first-order valence-corrected chi connectivity index (χ1v) is 2.84. The normalized spacial score (nSPS) is 9.43. The van der Waals surface area contributed by atoms with Gasteiger partial charge in [0.1, 0.15) is 0 Å². The van der Waals surface area contributed by atoms with Crippen molar-refractivity contribution in [1.29, 1.82) is 0 Å². The predicted molar refractivity (Wildman–Crippen MR) is 32.3 cm³/mol. The molecule has 44 valence electrons. The molecule has 0 amide bonds. The van der Waals surface area contributed by atoms with E-state index in [9.17, 15) is 0 Å². The van der Waals surface area contributed by atoms with Gasteiger partial charge in [0.25, 0.3) is 0 Å². The van der Waals surface area contributed by atoms with Crippen molar-refractivity contribution >= 4 is 23.6 Å². The summed E-state index contributed by atoms with van der Waals surface area (Å²) in [5.41, 5.74) is 0. The van der Waals surface area contributed by atoms with Crippen molar-refractivity contribution in [1.82, 2.24) is 9.67 Å². The van der Waals surface area contributed by atoms with Gasteiger partial charge in [-0.15, -0.1) is 0 Å². The zero-order chi connectivity index (χ0) is 5.54. The van der Waals surface area contributed by atoms with Gasteiger partial charge in [-0.05, 0) is 30.0 Å². The van der Waals surface area contributed by atoms with Crippen LogP contribution in [0.2, 0.25) is 0 Å². The first kappa shape index (κ1) is 7.50. The molecule has 0 radical (unpaired) electrons. The molecule has 0 aromatic rings.